The third-order valence-electron chi connectivity index (χ3n) is 2.06. The van der Waals surface area contributed by atoms with Gasteiger partial charge < -0.3 is 10.5 Å². The lowest BCUT2D eigenvalue weighted by Gasteiger charge is -2.08. The van der Waals surface area contributed by atoms with Crippen molar-refractivity contribution in [3.05, 3.63) is 24.0 Å². The number of halogens is 1. The topological polar surface area (TPSA) is 69.4 Å². The summed E-state index contributed by atoms with van der Waals surface area (Å²) in [5, 5.41) is 0. The van der Waals surface area contributed by atoms with Crippen molar-refractivity contribution < 1.29 is 17.5 Å². The number of ether oxygens (including phenoxy) is 1. The van der Waals surface area contributed by atoms with Crippen molar-refractivity contribution in [2.24, 2.45) is 0 Å². The second-order valence-corrected chi connectivity index (χ2v) is 6.07. The fourth-order valence-corrected chi connectivity index (χ4v) is 2.43. The van der Waals surface area contributed by atoms with Crippen LogP contribution in [0.25, 0.3) is 0 Å². The smallest absolute Gasteiger partial charge is 0.180 e. The molecule has 1 aromatic rings. The highest BCUT2D eigenvalue weighted by Crippen LogP contribution is 2.17. The standard InChI is InChI=1S/C11H16FNO3S/c1-8(2)16-3-4-17(14,15)11-6-9(12)5-10(13)7-11/h5-8H,3-4,13H2,1-2H3. The van der Waals surface area contributed by atoms with E-state index in [2.05, 4.69) is 0 Å². The van der Waals surface area contributed by atoms with Gasteiger partial charge in [0.05, 0.1) is 23.4 Å². The lowest BCUT2D eigenvalue weighted by atomic mass is 10.3. The van der Waals surface area contributed by atoms with E-state index in [4.69, 9.17) is 10.5 Å². The lowest BCUT2D eigenvalue weighted by molar-refractivity contribution is 0.0912. The summed E-state index contributed by atoms with van der Waals surface area (Å²) in [5.74, 6) is -0.845. The van der Waals surface area contributed by atoms with Crippen LogP contribution in [0.3, 0.4) is 0 Å². The van der Waals surface area contributed by atoms with Crippen molar-refractivity contribution in [1.29, 1.82) is 0 Å². The minimum Gasteiger partial charge on any atom is -0.399 e. The number of nitrogen functional groups attached to an aromatic ring is 1. The van der Waals surface area contributed by atoms with Gasteiger partial charge in [0.25, 0.3) is 0 Å². The Balaban J connectivity index is 2.82. The van der Waals surface area contributed by atoms with Gasteiger partial charge in [-0.1, -0.05) is 0 Å². The Morgan fingerprint density at radius 1 is 1.35 bits per heavy atom. The molecule has 0 saturated carbocycles. The molecule has 0 fully saturated rings. The van der Waals surface area contributed by atoms with Crippen LogP contribution in [-0.4, -0.2) is 26.9 Å². The summed E-state index contributed by atoms with van der Waals surface area (Å²) in [7, 11) is -3.55. The summed E-state index contributed by atoms with van der Waals surface area (Å²) in [4.78, 5) is -0.109. The van der Waals surface area contributed by atoms with E-state index < -0.39 is 15.7 Å². The minimum atomic E-state index is -3.55. The van der Waals surface area contributed by atoms with Gasteiger partial charge in [0, 0.05) is 5.69 Å². The van der Waals surface area contributed by atoms with Gasteiger partial charge in [-0.15, -0.1) is 0 Å². The molecule has 0 unspecified atom stereocenters. The van der Waals surface area contributed by atoms with Crippen molar-refractivity contribution in [3.63, 3.8) is 0 Å². The fraction of sp³-hybridized carbons (Fsp3) is 0.455. The monoisotopic (exact) mass is 261 g/mol. The van der Waals surface area contributed by atoms with Crippen molar-refractivity contribution in [2.45, 2.75) is 24.8 Å². The minimum absolute atomic E-state index is 0.0391. The van der Waals surface area contributed by atoms with Crippen LogP contribution >= 0.6 is 0 Å². The van der Waals surface area contributed by atoms with Gasteiger partial charge in [0.2, 0.25) is 0 Å². The number of hydrogen-bond acceptors (Lipinski definition) is 4. The first-order valence-electron chi connectivity index (χ1n) is 5.21. The number of anilines is 1. The highest BCUT2D eigenvalue weighted by Gasteiger charge is 2.16. The van der Waals surface area contributed by atoms with Gasteiger partial charge in [0.1, 0.15) is 5.82 Å². The molecule has 1 aromatic carbocycles. The van der Waals surface area contributed by atoms with Crippen LogP contribution < -0.4 is 5.73 Å². The Bertz CT molecular complexity index is 465. The first-order valence-corrected chi connectivity index (χ1v) is 6.87. The molecule has 96 valence electrons. The summed E-state index contributed by atoms with van der Waals surface area (Å²) in [6.07, 6.45) is -0.0391. The summed E-state index contributed by atoms with van der Waals surface area (Å²) >= 11 is 0. The maximum atomic E-state index is 13.0. The van der Waals surface area contributed by atoms with E-state index in [1.54, 1.807) is 0 Å². The average molecular weight is 261 g/mol. The SMILES string of the molecule is CC(C)OCCS(=O)(=O)c1cc(N)cc(F)c1. The molecule has 0 radical (unpaired) electrons. The molecule has 0 aliphatic rings. The Kier molecular flexibility index (Phi) is 4.47. The van der Waals surface area contributed by atoms with Gasteiger partial charge in [-0.05, 0) is 32.0 Å². The molecule has 2 N–H and O–H groups in total. The maximum absolute atomic E-state index is 13.0. The van der Waals surface area contributed by atoms with Crippen molar-refractivity contribution in [2.75, 3.05) is 18.1 Å². The molecule has 0 spiro atoms. The largest absolute Gasteiger partial charge is 0.399 e. The number of hydrogen-bond donors (Lipinski definition) is 1. The summed E-state index contributed by atoms with van der Waals surface area (Å²) in [5.41, 5.74) is 5.49. The van der Waals surface area contributed by atoms with E-state index in [1.807, 2.05) is 13.8 Å². The van der Waals surface area contributed by atoms with E-state index in [0.29, 0.717) is 0 Å². The van der Waals surface area contributed by atoms with Gasteiger partial charge in [-0.2, -0.15) is 0 Å². The highest BCUT2D eigenvalue weighted by atomic mass is 32.2. The second kappa shape index (κ2) is 5.46. The van der Waals surface area contributed by atoms with Crippen molar-refractivity contribution in [1.82, 2.24) is 0 Å². The van der Waals surface area contributed by atoms with Gasteiger partial charge in [0.15, 0.2) is 9.84 Å². The maximum Gasteiger partial charge on any atom is 0.180 e. The summed E-state index contributed by atoms with van der Waals surface area (Å²) in [6, 6.07) is 3.28. The van der Waals surface area contributed by atoms with E-state index in [1.165, 1.54) is 6.07 Å². The summed E-state index contributed by atoms with van der Waals surface area (Å²) < 4.78 is 41.8. The second-order valence-electron chi connectivity index (χ2n) is 3.96. The molecular weight excluding hydrogens is 245 g/mol. The molecular formula is C11H16FNO3S. The molecule has 0 aromatic heterocycles. The Morgan fingerprint density at radius 3 is 2.53 bits per heavy atom. The van der Waals surface area contributed by atoms with Crippen LogP contribution in [0.5, 0.6) is 0 Å². The Labute approximate surface area is 101 Å². The molecule has 17 heavy (non-hydrogen) atoms. The van der Waals surface area contributed by atoms with E-state index in [9.17, 15) is 12.8 Å². The molecule has 4 nitrogen and oxygen atoms in total. The van der Waals surface area contributed by atoms with Crippen LogP contribution in [0, 0.1) is 5.82 Å². The molecule has 0 saturated heterocycles. The van der Waals surface area contributed by atoms with Crippen LogP contribution in [0.15, 0.2) is 23.1 Å². The zero-order valence-electron chi connectivity index (χ0n) is 9.81. The molecule has 1 rings (SSSR count). The first kappa shape index (κ1) is 13.9. The fourth-order valence-electron chi connectivity index (χ4n) is 1.28. The van der Waals surface area contributed by atoms with Crippen molar-refractivity contribution >= 4 is 15.5 Å². The normalized spacial score (nSPS) is 12.0. The van der Waals surface area contributed by atoms with Crippen LogP contribution in [0.4, 0.5) is 10.1 Å². The van der Waals surface area contributed by atoms with Crippen molar-refractivity contribution in [3.8, 4) is 0 Å². The average Bonchev–Trinajstić information content (AvgIpc) is 2.14. The van der Waals surface area contributed by atoms with E-state index in [-0.39, 0.29) is 29.0 Å². The summed E-state index contributed by atoms with van der Waals surface area (Å²) in [6.45, 7) is 3.70. The predicted molar refractivity (Wildman–Crippen MR) is 64.0 cm³/mol. The number of nitrogens with two attached hydrogens (primary N) is 1. The molecule has 0 heterocycles. The van der Waals surface area contributed by atoms with E-state index in [0.717, 1.165) is 12.1 Å². The number of rotatable bonds is 5. The van der Waals surface area contributed by atoms with E-state index >= 15 is 0 Å². The van der Waals surface area contributed by atoms with Gasteiger partial charge >= 0.3 is 0 Å². The van der Waals surface area contributed by atoms with Gasteiger partial charge in [-0.25, -0.2) is 12.8 Å². The third-order valence-corrected chi connectivity index (χ3v) is 3.71. The zero-order chi connectivity index (χ0) is 13.1. The van der Waals surface area contributed by atoms with Crippen LogP contribution in [-0.2, 0) is 14.6 Å². The zero-order valence-corrected chi connectivity index (χ0v) is 10.6. The predicted octanol–water partition coefficient (Wildman–Crippen LogP) is 1.61. The molecule has 0 aliphatic heterocycles. The Hall–Kier alpha value is -1.14. The quantitative estimate of drug-likeness (QED) is 0.817. The molecule has 0 atom stereocenters. The van der Waals surface area contributed by atoms with Gasteiger partial charge in [-0.3, -0.25) is 0 Å². The molecule has 0 bridgehead atoms. The number of benzene rings is 1. The lowest BCUT2D eigenvalue weighted by Crippen LogP contribution is -2.15. The Morgan fingerprint density at radius 2 is 2.00 bits per heavy atom. The third kappa shape index (κ3) is 4.32. The number of sulfone groups is 1. The van der Waals surface area contributed by atoms with Crippen LogP contribution in [0.2, 0.25) is 0 Å². The highest BCUT2D eigenvalue weighted by molar-refractivity contribution is 7.91. The first-order chi connectivity index (χ1) is 7.81. The molecule has 0 amide bonds. The van der Waals surface area contributed by atoms with Crippen LogP contribution in [0.1, 0.15) is 13.8 Å². The molecule has 6 heteroatoms. The molecule has 0 aliphatic carbocycles.